The van der Waals surface area contributed by atoms with Crippen LogP contribution in [-0.4, -0.2) is 60.4 Å². The third-order valence-electron chi connectivity index (χ3n) is 4.54. The van der Waals surface area contributed by atoms with Gasteiger partial charge in [-0.05, 0) is 45.7 Å². The van der Waals surface area contributed by atoms with E-state index in [-0.39, 0.29) is 17.9 Å². The van der Waals surface area contributed by atoms with Gasteiger partial charge in [0.15, 0.2) is 0 Å². The molecule has 2 fully saturated rings. The minimum Gasteiger partial charge on any atom is -0.353 e. The molecule has 0 spiro atoms. The standard InChI is InChI=1S/C16H29N3O2/c1-13(19-10-5-3-4-6-11-19)16(21)18(2)12-9-15(20)17-14-7-8-14/h13-14H,3-12H2,1-2H3,(H,17,20)/t13-/m1/s1. The number of amides is 2. The van der Waals surface area contributed by atoms with Crippen LogP contribution >= 0.6 is 0 Å². The van der Waals surface area contributed by atoms with Gasteiger partial charge in [0.05, 0.1) is 6.04 Å². The maximum atomic E-state index is 12.5. The molecule has 2 rings (SSSR count). The van der Waals surface area contributed by atoms with E-state index in [1.165, 1.54) is 25.7 Å². The number of likely N-dealkylation sites (tertiary alicyclic amines) is 1. The lowest BCUT2D eigenvalue weighted by Crippen LogP contribution is -2.47. The Kier molecular flexibility index (Phi) is 6.03. The fourth-order valence-electron chi connectivity index (χ4n) is 2.86. The third kappa shape index (κ3) is 5.30. The van der Waals surface area contributed by atoms with E-state index >= 15 is 0 Å². The van der Waals surface area contributed by atoms with Crippen LogP contribution in [0.15, 0.2) is 0 Å². The van der Waals surface area contributed by atoms with Crippen molar-refractivity contribution >= 4 is 11.8 Å². The summed E-state index contributed by atoms with van der Waals surface area (Å²) in [5.41, 5.74) is 0. The smallest absolute Gasteiger partial charge is 0.239 e. The van der Waals surface area contributed by atoms with Crippen molar-refractivity contribution in [3.63, 3.8) is 0 Å². The summed E-state index contributed by atoms with van der Waals surface area (Å²) in [5.74, 6) is 0.204. The summed E-state index contributed by atoms with van der Waals surface area (Å²) in [6.45, 7) is 4.54. The molecule has 2 amide bonds. The first-order chi connectivity index (χ1) is 10.1. The second-order valence-corrected chi connectivity index (χ2v) is 6.48. The molecule has 1 atom stereocenters. The number of rotatable bonds is 6. The molecule has 1 N–H and O–H groups in total. The van der Waals surface area contributed by atoms with E-state index in [4.69, 9.17) is 0 Å². The predicted octanol–water partition coefficient (Wildman–Crippen LogP) is 1.38. The summed E-state index contributed by atoms with van der Waals surface area (Å²) in [7, 11) is 1.81. The summed E-state index contributed by atoms with van der Waals surface area (Å²) in [6, 6.07) is 0.328. The molecule has 1 heterocycles. The number of carbonyl (C=O) groups is 2. The third-order valence-corrected chi connectivity index (χ3v) is 4.54. The molecule has 1 aliphatic heterocycles. The highest BCUT2D eigenvalue weighted by molar-refractivity contribution is 5.82. The van der Waals surface area contributed by atoms with Gasteiger partial charge in [-0.25, -0.2) is 0 Å². The Bertz CT molecular complexity index is 361. The fraction of sp³-hybridized carbons (Fsp3) is 0.875. The zero-order valence-corrected chi connectivity index (χ0v) is 13.4. The van der Waals surface area contributed by atoms with Crippen LogP contribution in [0.1, 0.15) is 51.9 Å². The van der Waals surface area contributed by atoms with Gasteiger partial charge in [0, 0.05) is 26.1 Å². The van der Waals surface area contributed by atoms with Crippen molar-refractivity contribution in [3.8, 4) is 0 Å². The molecule has 0 bridgehead atoms. The van der Waals surface area contributed by atoms with E-state index < -0.39 is 0 Å². The van der Waals surface area contributed by atoms with Crippen molar-refractivity contribution in [2.24, 2.45) is 0 Å². The molecule has 0 unspecified atom stereocenters. The van der Waals surface area contributed by atoms with Gasteiger partial charge in [0.25, 0.3) is 0 Å². The van der Waals surface area contributed by atoms with E-state index in [0.717, 1.165) is 25.9 Å². The van der Waals surface area contributed by atoms with Crippen molar-refractivity contribution in [2.75, 3.05) is 26.7 Å². The maximum Gasteiger partial charge on any atom is 0.239 e. The van der Waals surface area contributed by atoms with Gasteiger partial charge in [-0.15, -0.1) is 0 Å². The van der Waals surface area contributed by atoms with Gasteiger partial charge in [-0.1, -0.05) is 12.8 Å². The van der Waals surface area contributed by atoms with Crippen LogP contribution in [0.2, 0.25) is 0 Å². The molecular formula is C16H29N3O2. The van der Waals surface area contributed by atoms with Crippen molar-refractivity contribution in [1.29, 1.82) is 0 Å². The second kappa shape index (κ2) is 7.78. The highest BCUT2D eigenvalue weighted by Gasteiger charge is 2.26. The van der Waals surface area contributed by atoms with Crippen molar-refractivity contribution in [3.05, 3.63) is 0 Å². The topological polar surface area (TPSA) is 52.7 Å². The Labute approximate surface area is 128 Å². The average molecular weight is 295 g/mol. The first-order valence-electron chi connectivity index (χ1n) is 8.36. The molecule has 5 nitrogen and oxygen atoms in total. The van der Waals surface area contributed by atoms with Crippen molar-refractivity contribution in [1.82, 2.24) is 15.1 Å². The average Bonchev–Trinajstić information content (AvgIpc) is 3.29. The molecule has 0 aromatic carbocycles. The lowest BCUT2D eigenvalue weighted by molar-refractivity contribution is -0.135. The Morgan fingerprint density at radius 3 is 2.38 bits per heavy atom. The zero-order chi connectivity index (χ0) is 15.2. The van der Waals surface area contributed by atoms with Crippen LogP contribution < -0.4 is 5.32 Å². The van der Waals surface area contributed by atoms with E-state index in [1.807, 2.05) is 6.92 Å². The normalized spacial score (nSPS) is 21.4. The molecule has 120 valence electrons. The molecule has 21 heavy (non-hydrogen) atoms. The number of nitrogens with zero attached hydrogens (tertiary/aromatic N) is 2. The summed E-state index contributed by atoms with van der Waals surface area (Å²) in [6.07, 6.45) is 7.53. The fourth-order valence-corrected chi connectivity index (χ4v) is 2.86. The molecule has 0 aromatic heterocycles. The van der Waals surface area contributed by atoms with Crippen LogP contribution in [0.3, 0.4) is 0 Å². The molecule has 1 saturated heterocycles. The highest BCUT2D eigenvalue weighted by Crippen LogP contribution is 2.18. The number of hydrogen-bond donors (Lipinski definition) is 1. The van der Waals surface area contributed by atoms with Crippen molar-refractivity contribution in [2.45, 2.75) is 64.0 Å². The summed E-state index contributed by atoms with van der Waals surface area (Å²) in [4.78, 5) is 28.1. The SMILES string of the molecule is C[C@H](C(=O)N(C)CCC(=O)NC1CC1)N1CCCCCC1. The van der Waals surface area contributed by atoms with E-state index in [1.54, 1.807) is 11.9 Å². The van der Waals surface area contributed by atoms with Gasteiger partial charge in [0.2, 0.25) is 11.8 Å². The molecule has 5 heteroatoms. The molecule has 2 aliphatic rings. The minimum absolute atomic E-state index is 0.0691. The summed E-state index contributed by atoms with van der Waals surface area (Å²) >= 11 is 0. The molecular weight excluding hydrogens is 266 g/mol. The van der Waals surface area contributed by atoms with E-state index in [2.05, 4.69) is 10.2 Å². The molecule has 1 aliphatic carbocycles. The van der Waals surface area contributed by atoms with Crippen LogP contribution in [0.4, 0.5) is 0 Å². The Balaban J connectivity index is 1.72. The summed E-state index contributed by atoms with van der Waals surface area (Å²) < 4.78 is 0. The number of nitrogens with one attached hydrogen (secondary N) is 1. The van der Waals surface area contributed by atoms with E-state index in [9.17, 15) is 9.59 Å². The first-order valence-corrected chi connectivity index (χ1v) is 8.36. The lowest BCUT2D eigenvalue weighted by atomic mass is 10.2. The first kappa shape index (κ1) is 16.3. The second-order valence-electron chi connectivity index (χ2n) is 6.48. The lowest BCUT2D eigenvalue weighted by Gasteiger charge is -2.30. The van der Waals surface area contributed by atoms with E-state index in [0.29, 0.717) is 19.0 Å². The Hall–Kier alpha value is -1.10. The van der Waals surface area contributed by atoms with Gasteiger partial charge >= 0.3 is 0 Å². The van der Waals surface area contributed by atoms with Gasteiger partial charge in [-0.3, -0.25) is 14.5 Å². The van der Waals surface area contributed by atoms with Crippen LogP contribution in [0.25, 0.3) is 0 Å². The Morgan fingerprint density at radius 1 is 1.19 bits per heavy atom. The zero-order valence-electron chi connectivity index (χ0n) is 13.4. The molecule has 0 radical (unpaired) electrons. The monoisotopic (exact) mass is 295 g/mol. The quantitative estimate of drug-likeness (QED) is 0.805. The largest absolute Gasteiger partial charge is 0.353 e. The molecule has 1 saturated carbocycles. The highest BCUT2D eigenvalue weighted by atomic mass is 16.2. The number of likely N-dealkylation sites (N-methyl/N-ethyl adjacent to an activating group) is 1. The maximum absolute atomic E-state index is 12.5. The van der Waals surface area contributed by atoms with Crippen LogP contribution in [-0.2, 0) is 9.59 Å². The minimum atomic E-state index is -0.0698. The van der Waals surface area contributed by atoms with Gasteiger partial charge in [-0.2, -0.15) is 0 Å². The van der Waals surface area contributed by atoms with Gasteiger partial charge < -0.3 is 10.2 Å². The number of carbonyl (C=O) groups excluding carboxylic acids is 2. The predicted molar refractivity (Wildman–Crippen MR) is 82.9 cm³/mol. The molecule has 0 aromatic rings. The van der Waals surface area contributed by atoms with Crippen LogP contribution in [0.5, 0.6) is 0 Å². The summed E-state index contributed by atoms with van der Waals surface area (Å²) in [5, 5.41) is 2.96. The number of hydrogen-bond acceptors (Lipinski definition) is 3. The van der Waals surface area contributed by atoms with Crippen LogP contribution in [0, 0.1) is 0 Å². The van der Waals surface area contributed by atoms with Gasteiger partial charge in [0.1, 0.15) is 0 Å². The Morgan fingerprint density at radius 2 is 1.81 bits per heavy atom. The van der Waals surface area contributed by atoms with Crippen molar-refractivity contribution < 1.29 is 9.59 Å².